The fraction of sp³-hybridized carbons (Fsp3) is 0.111. The van der Waals surface area contributed by atoms with Gasteiger partial charge in [-0.3, -0.25) is 5.43 Å². The molecule has 0 saturated carbocycles. The molecule has 3 heterocycles. The zero-order valence-electron chi connectivity index (χ0n) is 13.6. The van der Waals surface area contributed by atoms with Crippen LogP contribution in [0.2, 0.25) is 0 Å². The van der Waals surface area contributed by atoms with E-state index in [-0.39, 0.29) is 0 Å². The first kappa shape index (κ1) is 15.1. The molecule has 0 saturated heterocycles. The van der Waals surface area contributed by atoms with Gasteiger partial charge in [0, 0.05) is 6.42 Å². The normalized spacial score (nSPS) is 11.4. The van der Waals surface area contributed by atoms with Crippen molar-refractivity contribution in [1.29, 1.82) is 0 Å². The molecule has 0 unspecified atom stereocenters. The second kappa shape index (κ2) is 6.56. The van der Waals surface area contributed by atoms with Gasteiger partial charge < -0.3 is 4.42 Å². The lowest BCUT2D eigenvalue weighted by Gasteiger charge is -2.03. The average molecular weight is 332 g/mol. The van der Waals surface area contributed by atoms with Crippen LogP contribution in [0.5, 0.6) is 0 Å². The summed E-state index contributed by atoms with van der Waals surface area (Å²) in [6, 6.07) is 13.7. The lowest BCUT2D eigenvalue weighted by atomic mass is 10.3. The average Bonchev–Trinajstić information content (AvgIpc) is 3.29. The lowest BCUT2D eigenvalue weighted by molar-refractivity contribution is 0.510. The molecule has 0 aliphatic heterocycles. The van der Waals surface area contributed by atoms with Crippen molar-refractivity contribution in [2.75, 3.05) is 5.43 Å². The third-order valence-corrected chi connectivity index (χ3v) is 3.76. The van der Waals surface area contributed by atoms with E-state index < -0.39 is 0 Å². The maximum absolute atomic E-state index is 5.58. The van der Waals surface area contributed by atoms with E-state index in [1.54, 1.807) is 17.1 Å². The summed E-state index contributed by atoms with van der Waals surface area (Å²) < 4.78 is 7.35. The van der Waals surface area contributed by atoms with Crippen LogP contribution in [0.1, 0.15) is 18.4 Å². The summed E-state index contributed by atoms with van der Waals surface area (Å²) in [5, 5.41) is 9.40. The van der Waals surface area contributed by atoms with Gasteiger partial charge in [0.2, 0.25) is 0 Å². The Morgan fingerprint density at radius 1 is 1.16 bits per heavy atom. The molecule has 4 aromatic rings. The molecule has 1 N–H and O–H groups in total. The highest BCUT2D eigenvalue weighted by Crippen LogP contribution is 2.21. The van der Waals surface area contributed by atoms with Gasteiger partial charge in [0.1, 0.15) is 17.8 Å². The number of nitrogens with one attached hydrogen (secondary N) is 1. The lowest BCUT2D eigenvalue weighted by Crippen LogP contribution is -1.99. The van der Waals surface area contributed by atoms with E-state index in [0.29, 0.717) is 17.2 Å². The molecule has 0 atom stereocenters. The largest absolute Gasteiger partial charge is 0.460 e. The molecule has 124 valence electrons. The zero-order valence-corrected chi connectivity index (χ0v) is 13.6. The van der Waals surface area contributed by atoms with Crippen LogP contribution in [-0.2, 0) is 6.42 Å². The smallest absolute Gasteiger partial charge is 0.168 e. The summed E-state index contributed by atoms with van der Waals surface area (Å²) in [5.41, 5.74) is 4.58. The van der Waals surface area contributed by atoms with Crippen LogP contribution in [0.4, 0.5) is 5.82 Å². The van der Waals surface area contributed by atoms with E-state index in [4.69, 9.17) is 4.42 Å². The SMILES string of the molecule is CCc1ccc(C=NNc2ncnc3c2cnn3-c2ccccc2)o1. The third-order valence-electron chi connectivity index (χ3n) is 3.76. The van der Waals surface area contributed by atoms with Gasteiger partial charge in [-0.1, -0.05) is 25.1 Å². The van der Waals surface area contributed by atoms with Gasteiger partial charge in [-0.05, 0) is 24.3 Å². The van der Waals surface area contributed by atoms with Gasteiger partial charge in [0.25, 0.3) is 0 Å². The Morgan fingerprint density at radius 3 is 2.84 bits per heavy atom. The zero-order chi connectivity index (χ0) is 17.1. The topological polar surface area (TPSA) is 81.1 Å². The number of hydrogen-bond acceptors (Lipinski definition) is 6. The fourth-order valence-electron chi connectivity index (χ4n) is 2.50. The number of rotatable bonds is 5. The van der Waals surface area contributed by atoms with E-state index in [9.17, 15) is 0 Å². The van der Waals surface area contributed by atoms with E-state index in [1.165, 1.54) is 6.33 Å². The van der Waals surface area contributed by atoms with Crippen molar-refractivity contribution < 1.29 is 4.42 Å². The van der Waals surface area contributed by atoms with Crippen LogP contribution in [-0.4, -0.2) is 26.0 Å². The maximum atomic E-state index is 5.58. The number of para-hydroxylation sites is 1. The van der Waals surface area contributed by atoms with Crippen molar-refractivity contribution in [2.45, 2.75) is 13.3 Å². The molecule has 4 rings (SSSR count). The minimum absolute atomic E-state index is 0.589. The number of anilines is 1. The van der Waals surface area contributed by atoms with Crippen LogP contribution < -0.4 is 5.43 Å². The first-order chi connectivity index (χ1) is 12.3. The Labute approximate surface area is 144 Å². The summed E-state index contributed by atoms with van der Waals surface area (Å²) in [6.07, 6.45) is 5.69. The monoisotopic (exact) mass is 332 g/mol. The third kappa shape index (κ3) is 2.99. The molecule has 0 amide bonds. The Balaban J connectivity index is 1.61. The highest BCUT2D eigenvalue weighted by molar-refractivity contribution is 5.87. The van der Waals surface area contributed by atoms with Crippen molar-refractivity contribution >= 4 is 23.1 Å². The second-order valence-electron chi connectivity index (χ2n) is 5.38. The van der Waals surface area contributed by atoms with Crippen molar-refractivity contribution in [1.82, 2.24) is 19.7 Å². The van der Waals surface area contributed by atoms with Gasteiger partial charge in [-0.15, -0.1) is 0 Å². The predicted molar refractivity (Wildman–Crippen MR) is 96.0 cm³/mol. The number of furan rings is 1. The minimum atomic E-state index is 0.589. The molecule has 1 aromatic carbocycles. The van der Waals surface area contributed by atoms with Crippen molar-refractivity contribution in [3.05, 3.63) is 66.5 Å². The number of fused-ring (bicyclic) bond motifs is 1. The molecule has 0 aliphatic rings. The Morgan fingerprint density at radius 2 is 2.04 bits per heavy atom. The van der Waals surface area contributed by atoms with Gasteiger partial charge in [0.05, 0.1) is 23.5 Å². The van der Waals surface area contributed by atoms with Gasteiger partial charge in [-0.25, -0.2) is 14.6 Å². The van der Waals surface area contributed by atoms with Crippen molar-refractivity contribution in [2.24, 2.45) is 5.10 Å². The first-order valence-corrected chi connectivity index (χ1v) is 7.97. The van der Waals surface area contributed by atoms with Crippen LogP contribution in [0.15, 0.2) is 64.5 Å². The Bertz CT molecular complexity index is 1020. The van der Waals surface area contributed by atoms with Crippen LogP contribution in [0.3, 0.4) is 0 Å². The molecule has 7 nitrogen and oxygen atoms in total. The van der Waals surface area contributed by atoms with Gasteiger partial charge in [-0.2, -0.15) is 10.2 Å². The first-order valence-electron chi connectivity index (χ1n) is 7.97. The molecular formula is C18H16N6O. The highest BCUT2D eigenvalue weighted by Gasteiger charge is 2.10. The quantitative estimate of drug-likeness (QED) is 0.447. The molecule has 7 heteroatoms. The minimum Gasteiger partial charge on any atom is -0.460 e. The van der Waals surface area contributed by atoms with Crippen molar-refractivity contribution in [3.8, 4) is 5.69 Å². The summed E-state index contributed by atoms with van der Waals surface area (Å²) >= 11 is 0. The van der Waals surface area contributed by atoms with Crippen LogP contribution in [0.25, 0.3) is 16.7 Å². The number of hydrazone groups is 1. The molecule has 25 heavy (non-hydrogen) atoms. The molecular weight excluding hydrogens is 316 g/mol. The summed E-state index contributed by atoms with van der Waals surface area (Å²) in [5.74, 6) is 2.20. The Hall–Kier alpha value is -3.48. The van der Waals surface area contributed by atoms with E-state index in [1.807, 2.05) is 49.4 Å². The molecule has 3 aromatic heterocycles. The fourth-order valence-corrected chi connectivity index (χ4v) is 2.50. The van der Waals surface area contributed by atoms with Crippen LogP contribution in [0, 0.1) is 0 Å². The van der Waals surface area contributed by atoms with E-state index in [0.717, 1.165) is 23.3 Å². The maximum Gasteiger partial charge on any atom is 0.168 e. The second-order valence-corrected chi connectivity index (χ2v) is 5.38. The number of aromatic nitrogens is 4. The van der Waals surface area contributed by atoms with Crippen LogP contribution >= 0.6 is 0 Å². The van der Waals surface area contributed by atoms with Gasteiger partial charge in [0.15, 0.2) is 11.5 Å². The Kier molecular flexibility index (Phi) is 3.96. The predicted octanol–water partition coefficient (Wildman–Crippen LogP) is 3.42. The molecule has 0 fully saturated rings. The summed E-state index contributed by atoms with van der Waals surface area (Å²) in [7, 11) is 0. The summed E-state index contributed by atoms with van der Waals surface area (Å²) in [6.45, 7) is 2.04. The number of nitrogens with zero attached hydrogens (tertiary/aromatic N) is 5. The van der Waals surface area contributed by atoms with Crippen molar-refractivity contribution in [3.63, 3.8) is 0 Å². The molecule has 0 spiro atoms. The molecule has 0 aliphatic carbocycles. The summed E-state index contributed by atoms with van der Waals surface area (Å²) in [4.78, 5) is 8.58. The molecule has 0 radical (unpaired) electrons. The van der Waals surface area contributed by atoms with Gasteiger partial charge >= 0.3 is 0 Å². The molecule has 0 bridgehead atoms. The highest BCUT2D eigenvalue weighted by atomic mass is 16.3. The number of hydrogen-bond donors (Lipinski definition) is 1. The van der Waals surface area contributed by atoms with E-state index >= 15 is 0 Å². The number of benzene rings is 1. The van der Waals surface area contributed by atoms with E-state index in [2.05, 4.69) is 25.6 Å². The number of aryl methyl sites for hydroxylation is 1. The standard InChI is InChI=1S/C18H16N6O/c1-2-14-8-9-15(25-14)10-21-23-17-16-11-22-24(18(16)20-12-19-17)13-6-4-3-5-7-13/h3-12H,2H2,1H3,(H,19,20,23).